The third-order valence-corrected chi connectivity index (χ3v) is 9.13. The van der Waals surface area contributed by atoms with Crippen LogP contribution in [0, 0.1) is 12.8 Å². The molecule has 29 heavy (non-hydrogen) atoms. The highest BCUT2D eigenvalue weighted by molar-refractivity contribution is 7.86. The van der Waals surface area contributed by atoms with Crippen molar-refractivity contribution in [3.63, 3.8) is 0 Å². The first-order valence-corrected chi connectivity index (χ1v) is 12.9. The summed E-state index contributed by atoms with van der Waals surface area (Å²) in [4.78, 5) is 20.0. The van der Waals surface area contributed by atoms with Gasteiger partial charge in [-0.15, -0.1) is 11.3 Å². The van der Waals surface area contributed by atoms with Gasteiger partial charge in [0.15, 0.2) is 0 Å². The molecule has 1 amide bonds. The van der Waals surface area contributed by atoms with Crippen molar-refractivity contribution in [3.05, 3.63) is 15.6 Å². The molecule has 2 aliphatic rings. The van der Waals surface area contributed by atoms with Crippen molar-refractivity contribution in [2.45, 2.75) is 65.3 Å². The van der Waals surface area contributed by atoms with E-state index in [0.717, 1.165) is 42.8 Å². The lowest BCUT2D eigenvalue weighted by Gasteiger charge is -2.38. The third-order valence-electron chi connectivity index (χ3n) is 5.92. The van der Waals surface area contributed by atoms with Gasteiger partial charge in [-0.2, -0.15) is 17.0 Å². The second-order valence-electron chi connectivity index (χ2n) is 8.63. The number of piperazine rings is 1. The van der Waals surface area contributed by atoms with Crippen molar-refractivity contribution in [3.8, 4) is 0 Å². The summed E-state index contributed by atoms with van der Waals surface area (Å²) in [5.41, 5.74) is 0.780. The molecule has 7 nitrogen and oxygen atoms in total. The zero-order chi connectivity index (χ0) is 21.2. The molecule has 1 saturated carbocycles. The van der Waals surface area contributed by atoms with Crippen LogP contribution in [0.1, 0.15) is 66.3 Å². The van der Waals surface area contributed by atoms with Crippen LogP contribution in [-0.4, -0.2) is 72.1 Å². The number of aryl methyl sites for hydroxylation is 1. The summed E-state index contributed by atoms with van der Waals surface area (Å²) in [6.45, 7) is 7.71. The van der Waals surface area contributed by atoms with E-state index in [1.807, 2.05) is 6.92 Å². The number of amides is 1. The molecule has 3 rings (SSSR count). The summed E-state index contributed by atoms with van der Waals surface area (Å²) in [5, 5.41) is 0.996. The SMILES string of the molecule is Cc1nc(CC(C)C)sc1C(=O)N1CCN(S(=O)(=O)N(C)C2CCCCC2)CC1. The molecule has 9 heteroatoms. The van der Waals surface area contributed by atoms with Crippen LogP contribution in [0.5, 0.6) is 0 Å². The minimum Gasteiger partial charge on any atom is -0.335 e. The summed E-state index contributed by atoms with van der Waals surface area (Å²) < 4.78 is 29.2. The van der Waals surface area contributed by atoms with Crippen molar-refractivity contribution in [2.24, 2.45) is 5.92 Å². The van der Waals surface area contributed by atoms with Gasteiger partial charge in [-0.3, -0.25) is 4.79 Å². The molecule has 1 aromatic rings. The van der Waals surface area contributed by atoms with E-state index >= 15 is 0 Å². The molecule has 0 radical (unpaired) electrons. The fourth-order valence-electron chi connectivity index (χ4n) is 4.17. The van der Waals surface area contributed by atoms with E-state index in [9.17, 15) is 13.2 Å². The minimum atomic E-state index is -3.47. The van der Waals surface area contributed by atoms with Gasteiger partial charge < -0.3 is 4.90 Å². The van der Waals surface area contributed by atoms with E-state index in [1.165, 1.54) is 22.1 Å². The highest BCUT2D eigenvalue weighted by Gasteiger charge is 2.36. The average Bonchev–Trinajstić information content (AvgIpc) is 3.06. The van der Waals surface area contributed by atoms with Crippen LogP contribution in [0.2, 0.25) is 0 Å². The molecule has 164 valence electrons. The molecular weight excluding hydrogens is 408 g/mol. The first-order valence-electron chi connectivity index (χ1n) is 10.7. The summed E-state index contributed by atoms with van der Waals surface area (Å²) in [5.74, 6) is 0.478. The molecule has 0 N–H and O–H groups in total. The Labute approximate surface area is 179 Å². The van der Waals surface area contributed by atoms with Crippen LogP contribution in [0.4, 0.5) is 0 Å². The molecule has 0 spiro atoms. The lowest BCUT2D eigenvalue weighted by molar-refractivity contribution is 0.0696. The van der Waals surface area contributed by atoms with Crippen molar-refractivity contribution in [2.75, 3.05) is 33.2 Å². The van der Waals surface area contributed by atoms with Crippen LogP contribution in [-0.2, 0) is 16.6 Å². The molecule has 0 aromatic carbocycles. The average molecular weight is 443 g/mol. The van der Waals surface area contributed by atoms with Crippen molar-refractivity contribution in [1.82, 2.24) is 18.5 Å². The molecule has 0 atom stereocenters. The van der Waals surface area contributed by atoms with Crippen LogP contribution in [0.3, 0.4) is 0 Å². The molecule has 1 saturated heterocycles. The molecule has 0 bridgehead atoms. The van der Waals surface area contributed by atoms with E-state index in [4.69, 9.17) is 0 Å². The predicted octanol–water partition coefficient (Wildman–Crippen LogP) is 2.92. The van der Waals surface area contributed by atoms with Crippen LogP contribution >= 0.6 is 11.3 Å². The normalized spacial score (nSPS) is 20.0. The maximum absolute atomic E-state index is 13.0. The van der Waals surface area contributed by atoms with Crippen molar-refractivity contribution >= 4 is 27.5 Å². The highest BCUT2D eigenvalue weighted by Crippen LogP contribution is 2.26. The van der Waals surface area contributed by atoms with Gasteiger partial charge >= 0.3 is 0 Å². The number of carbonyl (C=O) groups excluding carboxylic acids is 1. The Hall–Kier alpha value is -1.03. The Morgan fingerprint density at radius 3 is 2.38 bits per heavy atom. The van der Waals surface area contributed by atoms with Gasteiger partial charge in [0.25, 0.3) is 16.1 Å². The fourth-order valence-corrected chi connectivity index (χ4v) is 6.99. The van der Waals surface area contributed by atoms with Gasteiger partial charge in [0.05, 0.1) is 10.7 Å². The number of aromatic nitrogens is 1. The standard InChI is InChI=1S/C20H34N4O3S2/c1-15(2)14-18-21-16(3)19(28-18)20(25)23-10-12-24(13-11-23)29(26,27)22(4)17-8-6-5-7-9-17/h15,17H,5-14H2,1-4H3. The van der Waals surface area contributed by atoms with E-state index in [1.54, 1.807) is 16.3 Å². The van der Waals surface area contributed by atoms with Crippen LogP contribution in [0.25, 0.3) is 0 Å². The number of thiazole rings is 1. The first-order chi connectivity index (χ1) is 13.7. The highest BCUT2D eigenvalue weighted by atomic mass is 32.2. The molecule has 1 aromatic heterocycles. The zero-order valence-corrected chi connectivity index (χ0v) is 19.7. The zero-order valence-electron chi connectivity index (χ0n) is 18.1. The van der Waals surface area contributed by atoms with E-state index in [0.29, 0.717) is 37.0 Å². The number of rotatable bonds is 6. The molecule has 0 unspecified atom stereocenters. The monoisotopic (exact) mass is 442 g/mol. The maximum atomic E-state index is 13.0. The van der Waals surface area contributed by atoms with Crippen LogP contribution < -0.4 is 0 Å². The van der Waals surface area contributed by atoms with Gasteiger partial charge in [-0.25, -0.2) is 4.98 Å². The Morgan fingerprint density at radius 2 is 1.79 bits per heavy atom. The molecule has 2 heterocycles. The number of carbonyl (C=O) groups is 1. The quantitative estimate of drug-likeness (QED) is 0.679. The topological polar surface area (TPSA) is 73.8 Å². The number of hydrogen-bond donors (Lipinski definition) is 0. The lowest BCUT2D eigenvalue weighted by atomic mass is 9.96. The van der Waals surface area contributed by atoms with Crippen molar-refractivity contribution in [1.29, 1.82) is 0 Å². The Kier molecular flexibility index (Phi) is 7.35. The van der Waals surface area contributed by atoms with Gasteiger partial charge in [-0.1, -0.05) is 33.1 Å². The fraction of sp³-hybridized carbons (Fsp3) is 0.800. The predicted molar refractivity (Wildman–Crippen MR) is 116 cm³/mol. The summed E-state index contributed by atoms with van der Waals surface area (Å²) in [6, 6.07) is 0.104. The number of nitrogens with zero attached hydrogens (tertiary/aromatic N) is 4. The summed E-state index contributed by atoms with van der Waals surface area (Å²) in [6.07, 6.45) is 6.15. The maximum Gasteiger partial charge on any atom is 0.282 e. The molecule has 1 aliphatic carbocycles. The van der Waals surface area contributed by atoms with Gasteiger partial charge in [0.1, 0.15) is 4.88 Å². The summed E-state index contributed by atoms with van der Waals surface area (Å²) >= 11 is 1.48. The summed E-state index contributed by atoms with van der Waals surface area (Å²) in [7, 11) is -1.77. The van der Waals surface area contributed by atoms with Crippen LogP contribution in [0.15, 0.2) is 0 Å². The minimum absolute atomic E-state index is 0.0207. The van der Waals surface area contributed by atoms with Gasteiger partial charge in [0.2, 0.25) is 0 Å². The number of hydrogen-bond acceptors (Lipinski definition) is 5. The second kappa shape index (κ2) is 9.41. The van der Waals surface area contributed by atoms with Gasteiger partial charge in [0, 0.05) is 45.7 Å². The molecule has 2 fully saturated rings. The lowest BCUT2D eigenvalue weighted by Crippen LogP contribution is -2.55. The van der Waals surface area contributed by atoms with Crippen molar-refractivity contribution < 1.29 is 13.2 Å². The van der Waals surface area contributed by atoms with Gasteiger partial charge in [-0.05, 0) is 25.7 Å². The smallest absolute Gasteiger partial charge is 0.282 e. The first kappa shape index (κ1) is 22.7. The van der Waals surface area contributed by atoms with E-state index in [-0.39, 0.29) is 11.9 Å². The molecule has 1 aliphatic heterocycles. The Morgan fingerprint density at radius 1 is 1.17 bits per heavy atom. The largest absolute Gasteiger partial charge is 0.335 e. The Bertz CT molecular complexity index is 808. The second-order valence-corrected chi connectivity index (χ2v) is 11.7. The Balaban J connectivity index is 1.61. The third kappa shape index (κ3) is 5.18. The molecular formula is C20H34N4O3S2. The van der Waals surface area contributed by atoms with E-state index < -0.39 is 10.2 Å². The van der Waals surface area contributed by atoms with E-state index in [2.05, 4.69) is 18.8 Å².